The summed E-state index contributed by atoms with van der Waals surface area (Å²) in [6, 6.07) is 19.3. The van der Waals surface area contributed by atoms with E-state index >= 15 is 0 Å². The minimum Gasteiger partial charge on any atom is -0.447 e. The van der Waals surface area contributed by atoms with Gasteiger partial charge in [-0.25, -0.2) is 4.79 Å². The molecule has 3 heteroatoms. The topological polar surface area (TPSA) is 29.5 Å². The number of rotatable bonds is 2. The van der Waals surface area contributed by atoms with Crippen LogP contribution in [0.4, 0.5) is 4.79 Å². The van der Waals surface area contributed by atoms with Crippen LogP contribution < -0.4 is 0 Å². The predicted molar refractivity (Wildman–Crippen MR) is 80.6 cm³/mol. The number of carbonyl (C=O) groups excluding carboxylic acids is 1. The first kappa shape index (κ1) is 13.3. The fourth-order valence-electron chi connectivity index (χ4n) is 2.29. The lowest BCUT2D eigenvalue weighted by atomic mass is 10.1. The summed E-state index contributed by atoms with van der Waals surface area (Å²) in [7, 11) is 0. The van der Waals surface area contributed by atoms with Gasteiger partial charge < -0.3 is 4.74 Å². The van der Waals surface area contributed by atoms with Gasteiger partial charge in [0.25, 0.3) is 0 Å². The van der Waals surface area contributed by atoms with Gasteiger partial charge in [-0.1, -0.05) is 60.4 Å². The Bertz CT molecular complexity index is 671. The normalized spacial score (nSPS) is 15.0. The molecular formula is C18H15NO2. The van der Waals surface area contributed by atoms with Gasteiger partial charge in [-0.3, -0.25) is 4.90 Å². The lowest BCUT2D eigenvalue weighted by Crippen LogP contribution is -2.28. The molecule has 1 aliphatic rings. The molecule has 2 aromatic carbocycles. The van der Waals surface area contributed by atoms with Crippen LogP contribution in [-0.2, 0) is 4.74 Å². The molecule has 3 nitrogen and oxygen atoms in total. The van der Waals surface area contributed by atoms with Gasteiger partial charge in [-0.05, 0) is 17.7 Å². The van der Waals surface area contributed by atoms with Crippen LogP contribution in [0.15, 0.2) is 60.7 Å². The standard InChI is InChI=1S/C18H15NO2/c20-18-19(13-14-21-18)17(16-9-5-2-6-10-16)12-11-15-7-3-1-4-8-15/h1-10,17H,13-14H2. The average molecular weight is 277 g/mol. The van der Waals surface area contributed by atoms with Crippen LogP contribution in [0.3, 0.4) is 0 Å². The van der Waals surface area contributed by atoms with Crippen LogP contribution in [0, 0.1) is 11.8 Å². The average Bonchev–Trinajstić information content (AvgIpc) is 2.96. The Labute approximate surface area is 124 Å². The Morgan fingerprint density at radius 3 is 2.29 bits per heavy atom. The van der Waals surface area contributed by atoms with Gasteiger partial charge in [0, 0.05) is 5.56 Å². The third-order valence-corrected chi connectivity index (χ3v) is 3.35. The molecule has 1 saturated heterocycles. The van der Waals surface area contributed by atoms with E-state index in [1.165, 1.54) is 0 Å². The van der Waals surface area contributed by atoms with Crippen molar-refractivity contribution in [2.24, 2.45) is 0 Å². The summed E-state index contributed by atoms with van der Waals surface area (Å²) in [4.78, 5) is 13.5. The minimum absolute atomic E-state index is 0.276. The number of hydrogen-bond acceptors (Lipinski definition) is 2. The predicted octanol–water partition coefficient (Wildman–Crippen LogP) is 3.23. The molecule has 0 radical (unpaired) electrons. The maximum Gasteiger partial charge on any atom is 0.411 e. The molecule has 2 aromatic rings. The van der Waals surface area contributed by atoms with Gasteiger partial charge in [0.15, 0.2) is 0 Å². The Morgan fingerprint density at radius 2 is 1.67 bits per heavy atom. The lowest BCUT2D eigenvalue weighted by Gasteiger charge is -2.21. The highest BCUT2D eigenvalue weighted by Crippen LogP contribution is 2.23. The second kappa shape index (κ2) is 6.15. The van der Waals surface area contributed by atoms with Crippen molar-refractivity contribution >= 4 is 6.09 Å². The summed E-state index contributed by atoms with van der Waals surface area (Å²) >= 11 is 0. The van der Waals surface area contributed by atoms with Crippen molar-refractivity contribution in [3.63, 3.8) is 0 Å². The van der Waals surface area contributed by atoms with Crippen LogP contribution in [0.1, 0.15) is 17.2 Å². The summed E-state index contributed by atoms with van der Waals surface area (Å²) < 4.78 is 5.04. The number of hydrogen-bond donors (Lipinski definition) is 0. The maximum atomic E-state index is 11.8. The van der Waals surface area contributed by atoms with Gasteiger partial charge in [-0.2, -0.15) is 0 Å². The van der Waals surface area contributed by atoms with Crippen LogP contribution in [-0.4, -0.2) is 24.1 Å². The van der Waals surface area contributed by atoms with Crippen molar-refractivity contribution < 1.29 is 9.53 Å². The Morgan fingerprint density at radius 1 is 1.00 bits per heavy atom. The summed E-state index contributed by atoms with van der Waals surface area (Å²) in [6.07, 6.45) is -0.300. The highest BCUT2D eigenvalue weighted by molar-refractivity contribution is 5.70. The van der Waals surface area contributed by atoms with E-state index in [1.807, 2.05) is 60.7 Å². The Hall–Kier alpha value is -2.73. The van der Waals surface area contributed by atoms with Crippen LogP contribution in [0.25, 0.3) is 0 Å². The third-order valence-electron chi connectivity index (χ3n) is 3.35. The highest BCUT2D eigenvalue weighted by Gasteiger charge is 2.29. The summed E-state index contributed by atoms with van der Waals surface area (Å²) in [5.41, 5.74) is 1.94. The zero-order valence-electron chi connectivity index (χ0n) is 11.5. The second-order valence-electron chi connectivity index (χ2n) is 4.76. The molecule has 1 unspecified atom stereocenters. The van der Waals surface area contributed by atoms with Gasteiger partial charge in [0.1, 0.15) is 12.6 Å². The first-order valence-corrected chi connectivity index (χ1v) is 6.89. The zero-order valence-corrected chi connectivity index (χ0v) is 11.5. The quantitative estimate of drug-likeness (QED) is 0.789. The Balaban J connectivity index is 1.93. The molecule has 1 atom stereocenters. The van der Waals surface area contributed by atoms with E-state index < -0.39 is 0 Å². The van der Waals surface area contributed by atoms with Crippen molar-refractivity contribution in [1.82, 2.24) is 4.90 Å². The van der Waals surface area contributed by atoms with Crippen molar-refractivity contribution in [2.75, 3.05) is 13.2 Å². The lowest BCUT2D eigenvalue weighted by molar-refractivity contribution is 0.154. The van der Waals surface area contributed by atoms with Gasteiger partial charge >= 0.3 is 6.09 Å². The van der Waals surface area contributed by atoms with Crippen molar-refractivity contribution in [2.45, 2.75) is 6.04 Å². The fraction of sp³-hybridized carbons (Fsp3) is 0.167. The van der Waals surface area contributed by atoms with E-state index in [1.54, 1.807) is 4.90 Å². The van der Waals surface area contributed by atoms with E-state index in [4.69, 9.17) is 4.74 Å². The Kier molecular flexibility index (Phi) is 3.88. The number of carbonyl (C=O) groups is 1. The molecule has 3 rings (SSSR count). The molecule has 1 heterocycles. The molecule has 0 saturated carbocycles. The molecule has 0 aromatic heterocycles. The van der Waals surface area contributed by atoms with E-state index in [2.05, 4.69) is 11.8 Å². The van der Waals surface area contributed by atoms with E-state index in [-0.39, 0.29) is 12.1 Å². The third kappa shape index (κ3) is 3.06. The van der Waals surface area contributed by atoms with Crippen LogP contribution in [0.2, 0.25) is 0 Å². The smallest absolute Gasteiger partial charge is 0.411 e. The first-order valence-electron chi connectivity index (χ1n) is 6.89. The molecule has 1 aliphatic heterocycles. The van der Waals surface area contributed by atoms with Crippen LogP contribution in [0.5, 0.6) is 0 Å². The van der Waals surface area contributed by atoms with E-state index in [0.717, 1.165) is 11.1 Å². The summed E-state index contributed by atoms with van der Waals surface area (Å²) in [5.74, 6) is 6.34. The van der Waals surface area contributed by atoms with Crippen molar-refractivity contribution in [3.8, 4) is 11.8 Å². The molecular weight excluding hydrogens is 262 g/mol. The van der Waals surface area contributed by atoms with Crippen molar-refractivity contribution in [3.05, 3.63) is 71.8 Å². The molecule has 1 fully saturated rings. The zero-order chi connectivity index (χ0) is 14.5. The molecule has 0 N–H and O–H groups in total. The van der Waals surface area contributed by atoms with E-state index in [0.29, 0.717) is 13.2 Å². The van der Waals surface area contributed by atoms with Gasteiger partial charge in [0.05, 0.1) is 6.54 Å². The number of ether oxygens (including phenoxy) is 1. The summed E-state index contributed by atoms with van der Waals surface area (Å²) in [6.45, 7) is 0.997. The minimum atomic E-state index is -0.300. The first-order chi connectivity index (χ1) is 10.3. The number of cyclic esters (lactones) is 1. The molecule has 0 bridgehead atoms. The maximum absolute atomic E-state index is 11.8. The monoisotopic (exact) mass is 277 g/mol. The number of nitrogens with zero attached hydrogens (tertiary/aromatic N) is 1. The molecule has 104 valence electrons. The fourth-order valence-corrected chi connectivity index (χ4v) is 2.29. The molecule has 1 amide bonds. The molecule has 0 aliphatic carbocycles. The molecule has 0 spiro atoms. The van der Waals surface area contributed by atoms with E-state index in [9.17, 15) is 4.79 Å². The SMILES string of the molecule is O=C1OCCN1C(C#Cc1ccccc1)c1ccccc1. The van der Waals surface area contributed by atoms with Crippen molar-refractivity contribution in [1.29, 1.82) is 0 Å². The summed E-state index contributed by atoms with van der Waals surface area (Å²) in [5, 5.41) is 0. The molecule has 21 heavy (non-hydrogen) atoms. The number of benzene rings is 2. The van der Waals surface area contributed by atoms with Crippen LogP contribution >= 0.6 is 0 Å². The van der Waals surface area contributed by atoms with Gasteiger partial charge in [0.2, 0.25) is 0 Å². The number of amides is 1. The second-order valence-corrected chi connectivity index (χ2v) is 4.76. The highest BCUT2D eigenvalue weighted by atomic mass is 16.6. The van der Waals surface area contributed by atoms with Gasteiger partial charge in [-0.15, -0.1) is 0 Å². The largest absolute Gasteiger partial charge is 0.447 e.